The van der Waals surface area contributed by atoms with E-state index in [0.29, 0.717) is 25.3 Å². The van der Waals surface area contributed by atoms with E-state index in [-0.39, 0.29) is 41.4 Å². The lowest BCUT2D eigenvalue weighted by Gasteiger charge is -2.68. The summed E-state index contributed by atoms with van der Waals surface area (Å²) in [5, 5.41) is 23.7. The number of hydrogen-bond acceptors (Lipinski definition) is 6. The highest BCUT2D eigenvalue weighted by molar-refractivity contribution is 5.89. The van der Waals surface area contributed by atoms with Crippen molar-refractivity contribution in [3.63, 3.8) is 0 Å². The third-order valence-corrected chi connectivity index (χ3v) is 11.5. The number of rotatable bonds is 3. The van der Waals surface area contributed by atoms with E-state index in [2.05, 4.69) is 11.0 Å². The number of hydrogen-bond donors (Lipinski definition) is 2. The van der Waals surface area contributed by atoms with Crippen LogP contribution in [0.1, 0.15) is 69.9 Å². The predicted octanol–water partition coefficient (Wildman–Crippen LogP) is 3.30. The zero-order chi connectivity index (χ0) is 26.0. The van der Waals surface area contributed by atoms with E-state index in [9.17, 15) is 15.0 Å². The summed E-state index contributed by atoms with van der Waals surface area (Å²) in [5.41, 5.74) is 1.77. The molecule has 8 rings (SSSR count). The van der Waals surface area contributed by atoms with Crippen LogP contribution in [-0.4, -0.2) is 82.1 Å². The Morgan fingerprint density at radius 3 is 2.63 bits per heavy atom. The number of ether oxygens (including phenoxy) is 2. The van der Waals surface area contributed by atoms with Gasteiger partial charge in [0.15, 0.2) is 11.5 Å². The van der Waals surface area contributed by atoms with Gasteiger partial charge in [0, 0.05) is 42.7 Å². The molecule has 2 N–H and O–H groups in total. The summed E-state index contributed by atoms with van der Waals surface area (Å²) in [6, 6.07) is 3.92. The maximum atomic E-state index is 13.5. The number of amides is 1. The van der Waals surface area contributed by atoms with Gasteiger partial charge < -0.3 is 24.6 Å². The minimum absolute atomic E-state index is 0.0362. The molecule has 2 bridgehead atoms. The Morgan fingerprint density at radius 1 is 1.13 bits per heavy atom. The van der Waals surface area contributed by atoms with E-state index in [0.717, 1.165) is 56.7 Å². The Bertz CT molecular complexity index is 1230. The fourth-order valence-electron chi connectivity index (χ4n) is 9.60. The van der Waals surface area contributed by atoms with Crippen molar-refractivity contribution >= 4 is 5.91 Å². The second-order valence-corrected chi connectivity index (χ2v) is 13.6. The monoisotopic (exact) mass is 520 g/mol. The molecule has 38 heavy (non-hydrogen) atoms. The highest BCUT2D eigenvalue weighted by Gasteiger charge is 2.77. The zero-order valence-electron chi connectivity index (χ0n) is 22.6. The van der Waals surface area contributed by atoms with E-state index >= 15 is 0 Å². The first-order valence-corrected chi connectivity index (χ1v) is 14.9. The first-order valence-electron chi connectivity index (χ1n) is 14.9. The molecule has 1 amide bonds. The summed E-state index contributed by atoms with van der Waals surface area (Å²) in [5.74, 6) is 1.61. The standard InChI is InChI=1S/C31H40N2O5/c1-18-15-33(16-19(2)37-18)25(35)14-22-7-8-29(22)9-10-31(36)24-13-21-5-6-23(34)27-26(21)30(31,28(29)38-27)11-12-32(24)17-20-3-4-20/h5-6,14,18-20,24,28,34,36H,3-4,7-13,15-17H2,1-2H3/b22-14+/t18-,19+,24-,28+,29+,30+,31-/m1/s1. The molecule has 0 radical (unpaired) electrons. The average Bonchev–Trinajstić information content (AvgIpc) is 3.61. The van der Waals surface area contributed by atoms with Gasteiger partial charge >= 0.3 is 0 Å². The van der Waals surface area contributed by atoms with Crippen molar-refractivity contribution in [2.24, 2.45) is 11.3 Å². The molecule has 7 nitrogen and oxygen atoms in total. The molecule has 204 valence electrons. The lowest BCUT2D eigenvalue weighted by Crippen LogP contribution is -2.78. The van der Waals surface area contributed by atoms with Crippen LogP contribution in [0.3, 0.4) is 0 Å². The van der Waals surface area contributed by atoms with Crippen molar-refractivity contribution in [3.05, 3.63) is 34.9 Å². The Hall–Kier alpha value is -2.09. The number of aromatic hydroxyl groups is 1. The topological polar surface area (TPSA) is 82.5 Å². The molecule has 0 unspecified atom stereocenters. The van der Waals surface area contributed by atoms with Gasteiger partial charge in [-0.3, -0.25) is 9.69 Å². The van der Waals surface area contributed by atoms with Crippen LogP contribution in [0.2, 0.25) is 0 Å². The van der Waals surface area contributed by atoms with Crippen LogP contribution in [0.25, 0.3) is 0 Å². The normalized spacial score (nSPS) is 44.1. The minimum Gasteiger partial charge on any atom is -0.504 e. The minimum atomic E-state index is -0.887. The molecule has 3 aliphatic heterocycles. The van der Waals surface area contributed by atoms with Crippen LogP contribution in [0.15, 0.2) is 23.8 Å². The van der Waals surface area contributed by atoms with Crippen LogP contribution in [-0.2, 0) is 21.4 Å². The lowest BCUT2D eigenvalue weighted by molar-refractivity contribution is -0.218. The Balaban J connectivity index is 1.20. The van der Waals surface area contributed by atoms with E-state index < -0.39 is 11.0 Å². The zero-order valence-corrected chi connectivity index (χ0v) is 22.6. The number of carbonyl (C=O) groups excluding carboxylic acids is 1. The molecule has 7 heteroatoms. The van der Waals surface area contributed by atoms with Crippen LogP contribution in [0, 0.1) is 11.3 Å². The Morgan fingerprint density at radius 2 is 1.92 bits per heavy atom. The molecule has 7 atom stereocenters. The number of nitrogens with zero attached hydrogens (tertiary/aromatic N) is 2. The molecule has 3 saturated carbocycles. The fourth-order valence-corrected chi connectivity index (χ4v) is 9.60. The molecule has 4 aliphatic carbocycles. The summed E-state index contributed by atoms with van der Waals surface area (Å²) in [4.78, 5) is 18.0. The number of phenolic OH excluding ortho intramolecular Hbond substituents is 1. The van der Waals surface area contributed by atoms with E-state index in [1.54, 1.807) is 6.07 Å². The van der Waals surface area contributed by atoms with Crippen LogP contribution >= 0.6 is 0 Å². The van der Waals surface area contributed by atoms with Crippen LogP contribution in [0.4, 0.5) is 0 Å². The van der Waals surface area contributed by atoms with Gasteiger partial charge in [0.25, 0.3) is 0 Å². The van der Waals surface area contributed by atoms with Gasteiger partial charge in [-0.15, -0.1) is 0 Å². The van der Waals surface area contributed by atoms with Crippen molar-refractivity contribution in [1.82, 2.24) is 9.80 Å². The number of phenols is 1. The predicted molar refractivity (Wildman–Crippen MR) is 141 cm³/mol. The van der Waals surface area contributed by atoms with Crippen molar-refractivity contribution < 1.29 is 24.5 Å². The van der Waals surface area contributed by atoms with E-state index in [4.69, 9.17) is 9.47 Å². The van der Waals surface area contributed by atoms with Gasteiger partial charge in [0.05, 0.1) is 23.2 Å². The maximum absolute atomic E-state index is 13.5. The average molecular weight is 521 g/mol. The largest absolute Gasteiger partial charge is 0.504 e. The summed E-state index contributed by atoms with van der Waals surface area (Å²) < 4.78 is 12.7. The van der Waals surface area contributed by atoms with E-state index in [1.165, 1.54) is 24.0 Å². The number of benzene rings is 1. The fraction of sp³-hybridized carbons (Fsp3) is 0.710. The third-order valence-electron chi connectivity index (χ3n) is 11.5. The van der Waals surface area contributed by atoms with Gasteiger partial charge in [-0.2, -0.15) is 0 Å². The molecule has 0 aromatic heterocycles. The van der Waals surface area contributed by atoms with Crippen molar-refractivity contribution in [3.8, 4) is 11.5 Å². The number of carbonyl (C=O) groups is 1. The van der Waals surface area contributed by atoms with Crippen LogP contribution in [0.5, 0.6) is 11.5 Å². The number of morpholine rings is 1. The van der Waals surface area contributed by atoms with Crippen molar-refractivity contribution in [1.29, 1.82) is 0 Å². The highest BCUT2D eigenvalue weighted by atomic mass is 16.5. The smallest absolute Gasteiger partial charge is 0.246 e. The van der Waals surface area contributed by atoms with Gasteiger partial charge in [-0.25, -0.2) is 0 Å². The lowest BCUT2D eigenvalue weighted by atomic mass is 9.40. The van der Waals surface area contributed by atoms with Gasteiger partial charge in [0.1, 0.15) is 6.10 Å². The SMILES string of the molecule is C[C@@H]1CN(C(=O)/C=C2\CC[C@]23CC[C@@]2(O)[C@H]4Cc5ccc(O)c6c5[C@@]2(CCN4CC2CC2)[C@H]3O6)C[C@H](C)O1. The van der Waals surface area contributed by atoms with Crippen molar-refractivity contribution in [2.75, 3.05) is 26.2 Å². The molecule has 2 spiro atoms. The Kier molecular flexibility index (Phi) is 4.86. The second kappa shape index (κ2) is 7.76. The molecular weight excluding hydrogens is 480 g/mol. The van der Waals surface area contributed by atoms with Gasteiger partial charge in [0.2, 0.25) is 5.91 Å². The molecular formula is C31H40N2O5. The molecule has 1 aromatic rings. The first-order chi connectivity index (χ1) is 18.2. The molecule has 7 aliphatic rings. The second-order valence-electron chi connectivity index (χ2n) is 13.6. The van der Waals surface area contributed by atoms with Gasteiger partial charge in [-0.05, 0) is 89.3 Å². The number of likely N-dealkylation sites (tertiary alicyclic amines) is 1. The summed E-state index contributed by atoms with van der Waals surface area (Å²) >= 11 is 0. The van der Waals surface area contributed by atoms with Crippen molar-refractivity contribution in [2.45, 2.75) is 101 Å². The Labute approximate surface area is 224 Å². The number of fused-ring (bicyclic) bond motifs is 1. The summed E-state index contributed by atoms with van der Waals surface area (Å²) in [6.45, 7) is 7.32. The molecule has 5 fully saturated rings. The molecule has 3 heterocycles. The van der Waals surface area contributed by atoms with Gasteiger partial charge in [-0.1, -0.05) is 11.6 Å². The number of piperidine rings is 1. The van der Waals surface area contributed by atoms with Crippen LogP contribution < -0.4 is 4.74 Å². The first kappa shape index (κ1) is 23.8. The highest BCUT2D eigenvalue weighted by Crippen LogP contribution is 2.72. The summed E-state index contributed by atoms with van der Waals surface area (Å²) in [6.07, 6.45) is 9.36. The summed E-state index contributed by atoms with van der Waals surface area (Å²) in [7, 11) is 0. The van der Waals surface area contributed by atoms with E-state index in [1.807, 2.05) is 24.8 Å². The number of aliphatic hydroxyl groups is 1. The quantitative estimate of drug-likeness (QED) is 0.596. The third kappa shape index (κ3) is 2.93. The molecule has 1 aromatic carbocycles. The molecule has 2 saturated heterocycles. The maximum Gasteiger partial charge on any atom is 0.246 e.